The Kier molecular flexibility index (Phi) is 5.98. The molecule has 0 radical (unpaired) electrons. The van der Waals surface area contributed by atoms with Crippen LogP contribution < -0.4 is 10.1 Å². The zero-order chi connectivity index (χ0) is 18.6. The Hall–Kier alpha value is -2.60. The van der Waals surface area contributed by atoms with Crippen LogP contribution in [0.3, 0.4) is 0 Å². The van der Waals surface area contributed by atoms with Gasteiger partial charge in [0, 0.05) is 11.8 Å². The lowest BCUT2D eigenvalue weighted by Gasteiger charge is -2.14. The van der Waals surface area contributed by atoms with Crippen molar-refractivity contribution in [2.24, 2.45) is 0 Å². The molecule has 2 rings (SSSR count). The number of hydrogen-bond donors (Lipinski definition) is 1. The van der Waals surface area contributed by atoms with E-state index in [2.05, 4.69) is 5.32 Å². The molecule has 1 amide bonds. The third-order valence-electron chi connectivity index (χ3n) is 3.58. The summed E-state index contributed by atoms with van der Waals surface area (Å²) < 4.78 is 5.64. The summed E-state index contributed by atoms with van der Waals surface area (Å²) in [6.07, 6.45) is 0. The first-order valence-corrected chi connectivity index (χ1v) is 8.13. The van der Waals surface area contributed by atoms with E-state index in [1.807, 2.05) is 39.0 Å². The number of ether oxygens (including phenoxy) is 1. The maximum absolute atomic E-state index is 12.1. The van der Waals surface area contributed by atoms with Crippen LogP contribution >= 0.6 is 11.6 Å². The number of nitrogens with one attached hydrogen (secondary N) is 1. The van der Waals surface area contributed by atoms with E-state index >= 15 is 0 Å². The van der Waals surface area contributed by atoms with Crippen molar-refractivity contribution in [2.75, 3.05) is 11.9 Å². The van der Waals surface area contributed by atoms with Gasteiger partial charge in [-0.3, -0.25) is 14.9 Å². The second-order valence-electron chi connectivity index (χ2n) is 5.96. The van der Waals surface area contributed by atoms with Gasteiger partial charge in [0.25, 0.3) is 11.6 Å². The number of benzene rings is 2. The zero-order valence-corrected chi connectivity index (χ0v) is 15.0. The van der Waals surface area contributed by atoms with Crippen LogP contribution in [0.15, 0.2) is 36.4 Å². The van der Waals surface area contributed by atoms with Gasteiger partial charge in [-0.25, -0.2) is 0 Å². The highest BCUT2D eigenvalue weighted by atomic mass is 35.5. The summed E-state index contributed by atoms with van der Waals surface area (Å²) >= 11 is 5.75. The minimum absolute atomic E-state index is 0.0144. The maximum atomic E-state index is 12.1. The molecule has 2 aromatic rings. The van der Waals surface area contributed by atoms with Crippen molar-refractivity contribution >= 4 is 28.9 Å². The Morgan fingerprint density at radius 1 is 1.28 bits per heavy atom. The first kappa shape index (κ1) is 18.7. The summed E-state index contributed by atoms with van der Waals surface area (Å²) in [5.41, 5.74) is 2.08. The molecule has 1 N–H and O–H groups in total. The number of nitro groups is 1. The molecule has 0 bridgehead atoms. The smallest absolute Gasteiger partial charge is 0.289 e. The number of halogens is 1. The van der Waals surface area contributed by atoms with Crippen LogP contribution in [-0.4, -0.2) is 17.4 Å². The molecule has 0 saturated heterocycles. The van der Waals surface area contributed by atoms with Crippen LogP contribution in [-0.2, 0) is 4.79 Å². The fourth-order valence-electron chi connectivity index (χ4n) is 2.31. The summed E-state index contributed by atoms with van der Waals surface area (Å²) in [7, 11) is 0. The molecule has 0 aromatic heterocycles. The predicted molar refractivity (Wildman–Crippen MR) is 97.5 cm³/mol. The van der Waals surface area contributed by atoms with Crippen molar-refractivity contribution in [1.29, 1.82) is 0 Å². The summed E-state index contributed by atoms with van der Waals surface area (Å²) in [4.78, 5) is 22.4. The number of hydrogen-bond acceptors (Lipinski definition) is 4. The summed E-state index contributed by atoms with van der Waals surface area (Å²) in [5, 5.41) is 13.5. The van der Waals surface area contributed by atoms with Crippen LogP contribution in [0.25, 0.3) is 0 Å². The SMILES string of the molecule is Cc1ccc(C(C)C)c(OCC(=O)Nc2ccc(Cl)c([N+](=O)[O-])c2)c1. The van der Waals surface area contributed by atoms with Crippen molar-refractivity contribution in [3.63, 3.8) is 0 Å². The summed E-state index contributed by atoms with van der Waals surface area (Å²) in [6, 6.07) is 9.94. The monoisotopic (exact) mass is 362 g/mol. The minimum Gasteiger partial charge on any atom is -0.483 e. The number of nitro benzene ring substituents is 1. The van der Waals surface area contributed by atoms with Crippen molar-refractivity contribution < 1.29 is 14.5 Å². The van der Waals surface area contributed by atoms with Crippen LogP contribution in [0, 0.1) is 17.0 Å². The molecule has 132 valence electrons. The van der Waals surface area contributed by atoms with Gasteiger partial charge in [-0.05, 0) is 42.2 Å². The zero-order valence-electron chi connectivity index (χ0n) is 14.2. The Morgan fingerprint density at radius 3 is 2.64 bits per heavy atom. The van der Waals surface area contributed by atoms with Gasteiger partial charge in [-0.1, -0.05) is 37.6 Å². The largest absolute Gasteiger partial charge is 0.483 e. The van der Waals surface area contributed by atoms with E-state index in [0.29, 0.717) is 5.75 Å². The lowest BCUT2D eigenvalue weighted by atomic mass is 10.0. The Morgan fingerprint density at radius 2 is 2.00 bits per heavy atom. The Balaban J connectivity index is 2.06. The van der Waals surface area contributed by atoms with E-state index in [4.69, 9.17) is 16.3 Å². The van der Waals surface area contributed by atoms with E-state index in [1.54, 1.807) is 0 Å². The molecule has 6 nitrogen and oxygen atoms in total. The van der Waals surface area contributed by atoms with Gasteiger partial charge >= 0.3 is 0 Å². The number of amides is 1. The first-order chi connectivity index (χ1) is 11.8. The third-order valence-corrected chi connectivity index (χ3v) is 3.90. The topological polar surface area (TPSA) is 81.5 Å². The second-order valence-corrected chi connectivity index (χ2v) is 6.36. The molecule has 0 fully saturated rings. The van der Waals surface area contributed by atoms with E-state index in [-0.39, 0.29) is 28.9 Å². The van der Waals surface area contributed by atoms with Crippen molar-refractivity contribution in [1.82, 2.24) is 0 Å². The Labute approximate surface area is 150 Å². The average molecular weight is 363 g/mol. The number of nitrogens with zero attached hydrogens (tertiary/aromatic N) is 1. The molecular formula is C18H19ClN2O4. The fourth-order valence-corrected chi connectivity index (χ4v) is 2.50. The van der Waals surface area contributed by atoms with Gasteiger partial charge in [0.1, 0.15) is 10.8 Å². The highest BCUT2D eigenvalue weighted by Gasteiger charge is 2.15. The molecule has 0 heterocycles. The molecule has 0 spiro atoms. The number of anilines is 1. The van der Waals surface area contributed by atoms with E-state index in [1.165, 1.54) is 18.2 Å². The van der Waals surface area contributed by atoms with E-state index in [9.17, 15) is 14.9 Å². The van der Waals surface area contributed by atoms with Gasteiger partial charge in [0.2, 0.25) is 0 Å². The molecular weight excluding hydrogens is 344 g/mol. The predicted octanol–water partition coefficient (Wildman–Crippen LogP) is 4.70. The number of carbonyl (C=O) groups excluding carboxylic acids is 1. The van der Waals surface area contributed by atoms with Gasteiger partial charge < -0.3 is 10.1 Å². The molecule has 0 saturated carbocycles. The van der Waals surface area contributed by atoms with Crippen LogP contribution in [0.5, 0.6) is 5.75 Å². The average Bonchev–Trinajstić information content (AvgIpc) is 2.54. The van der Waals surface area contributed by atoms with Crippen LogP contribution in [0.4, 0.5) is 11.4 Å². The first-order valence-electron chi connectivity index (χ1n) is 7.75. The maximum Gasteiger partial charge on any atom is 0.289 e. The highest BCUT2D eigenvalue weighted by molar-refractivity contribution is 6.32. The molecule has 25 heavy (non-hydrogen) atoms. The summed E-state index contributed by atoms with van der Waals surface area (Å²) in [6.45, 7) is 5.85. The summed E-state index contributed by atoms with van der Waals surface area (Å²) in [5.74, 6) is 0.512. The van der Waals surface area contributed by atoms with Crippen molar-refractivity contribution in [3.8, 4) is 5.75 Å². The normalized spacial score (nSPS) is 10.6. The van der Waals surface area contributed by atoms with Crippen LogP contribution in [0.2, 0.25) is 5.02 Å². The number of rotatable bonds is 6. The molecule has 7 heteroatoms. The van der Waals surface area contributed by atoms with Gasteiger partial charge in [-0.15, -0.1) is 0 Å². The van der Waals surface area contributed by atoms with Gasteiger partial charge in [0.15, 0.2) is 6.61 Å². The highest BCUT2D eigenvalue weighted by Crippen LogP contribution is 2.28. The van der Waals surface area contributed by atoms with Crippen molar-refractivity contribution in [2.45, 2.75) is 26.7 Å². The van der Waals surface area contributed by atoms with E-state index in [0.717, 1.165) is 11.1 Å². The Bertz CT molecular complexity index is 806. The minimum atomic E-state index is -0.601. The number of carbonyl (C=O) groups is 1. The molecule has 0 aliphatic carbocycles. The van der Waals surface area contributed by atoms with Crippen LogP contribution in [0.1, 0.15) is 30.9 Å². The molecule has 0 aliphatic heterocycles. The third kappa shape index (κ3) is 4.93. The molecule has 0 unspecified atom stereocenters. The quantitative estimate of drug-likeness (QED) is 0.596. The van der Waals surface area contributed by atoms with Crippen molar-refractivity contribution in [3.05, 3.63) is 62.7 Å². The standard InChI is InChI=1S/C18H19ClN2O4/c1-11(2)14-6-4-12(3)8-17(14)25-10-18(22)20-13-5-7-15(19)16(9-13)21(23)24/h4-9,11H,10H2,1-3H3,(H,20,22). The molecule has 0 aliphatic rings. The second kappa shape index (κ2) is 7.98. The number of aryl methyl sites for hydroxylation is 1. The molecule has 0 atom stereocenters. The lowest BCUT2D eigenvalue weighted by molar-refractivity contribution is -0.384. The lowest BCUT2D eigenvalue weighted by Crippen LogP contribution is -2.20. The van der Waals surface area contributed by atoms with Gasteiger partial charge in [-0.2, -0.15) is 0 Å². The van der Waals surface area contributed by atoms with Gasteiger partial charge in [0.05, 0.1) is 4.92 Å². The fraction of sp³-hybridized carbons (Fsp3) is 0.278. The molecule has 2 aromatic carbocycles. The van der Waals surface area contributed by atoms with E-state index < -0.39 is 10.8 Å².